The predicted molar refractivity (Wildman–Crippen MR) is 75.7 cm³/mol. The van der Waals surface area contributed by atoms with E-state index in [1.165, 1.54) is 0 Å². The van der Waals surface area contributed by atoms with E-state index in [9.17, 15) is 49.5 Å². The van der Waals surface area contributed by atoms with Crippen molar-refractivity contribution in [1.82, 2.24) is 0 Å². The third kappa shape index (κ3) is 2.82. The summed E-state index contributed by atoms with van der Waals surface area (Å²) in [5, 5.41) is 51.7. The molecule has 0 rings (SSSR count). The number of ketones is 4. The molecule has 5 atom stereocenters. The van der Waals surface area contributed by atoms with Crippen molar-refractivity contribution < 1.29 is 55.0 Å². The molecule has 0 aromatic heterocycles. The van der Waals surface area contributed by atoms with Crippen LogP contribution in [0.1, 0.15) is 33.1 Å². The van der Waals surface area contributed by atoms with Gasteiger partial charge in [0.1, 0.15) is 12.2 Å². The molecule has 0 aromatic carbocycles. The second-order valence-corrected chi connectivity index (χ2v) is 4.99. The average molecular weight is 352 g/mol. The number of aliphatic hydroxyl groups excluding tert-OH is 2. The maximum Gasteiger partial charge on any atom is 0.217 e. The first-order valence-corrected chi connectivity index (χ1v) is 6.10. The number of Topliss-reactive ketones (excluding diaryl/α,β-unsaturated/α-hetero) is 4. The van der Waals surface area contributed by atoms with Gasteiger partial charge in [-0.3, -0.25) is 24.0 Å². The summed E-state index contributed by atoms with van der Waals surface area (Å²) in [6.07, 6.45) is -6.84. The lowest BCUT2D eigenvalue weighted by atomic mass is 9.62. The van der Waals surface area contributed by atoms with Gasteiger partial charge in [0, 0.05) is 5.48 Å². The Bertz CT molecular complexity index is 658. The Labute approximate surface area is 142 Å². The minimum atomic E-state index is -4.34. The van der Waals surface area contributed by atoms with Crippen molar-refractivity contribution in [2.45, 2.75) is 56.6 Å². The van der Waals surface area contributed by atoms with Crippen LogP contribution in [-0.2, 0) is 24.0 Å². The number of carbonyl (C=O) groups excluding carboxylic acids is 5. The van der Waals surface area contributed by atoms with Crippen LogP contribution in [0.15, 0.2) is 0 Å². The molecule has 0 aromatic rings. The molecule has 0 bridgehead atoms. The van der Waals surface area contributed by atoms with Crippen LogP contribution in [0, 0.1) is 0 Å². The molecule has 0 radical (unpaired) electrons. The number of hydrogen-bond donors (Lipinski definition) is 5. The number of aliphatic hydroxyl groups is 5. The highest BCUT2D eigenvalue weighted by molar-refractivity contribution is 6.12. The summed E-state index contributed by atoms with van der Waals surface area (Å²) >= 11 is 0. The fourth-order valence-electron chi connectivity index (χ4n) is 2.05. The molecule has 1 unspecified atom stereocenters. The zero-order valence-corrected chi connectivity index (χ0v) is 12.3. The average Bonchev–Trinajstić information content (AvgIpc) is 2.73. The van der Waals surface area contributed by atoms with Crippen LogP contribution < -0.4 is 0 Å². The molecule has 0 fully saturated rings. The molecule has 5 N–H and O–H groups in total. The van der Waals surface area contributed by atoms with Gasteiger partial charge >= 0.3 is 0 Å². The molecule has 0 aliphatic heterocycles. The summed E-state index contributed by atoms with van der Waals surface area (Å²) in [6, 6.07) is 0. The first kappa shape index (κ1) is 15.7. The summed E-state index contributed by atoms with van der Waals surface area (Å²) in [7, 11) is 0. The van der Waals surface area contributed by atoms with Gasteiger partial charge in [-0.2, -0.15) is 0 Å². The minimum absolute atomic E-state index is 0.814. The molecule has 0 spiro atoms. The topological polar surface area (TPSA) is 186 Å². The number of aldehydes is 1. The normalized spacial score (nSPS) is 23.5. The van der Waals surface area contributed by atoms with Crippen molar-refractivity contribution in [3.05, 3.63) is 0 Å². The van der Waals surface area contributed by atoms with E-state index in [2.05, 4.69) is 0 Å². The first-order chi connectivity index (χ1) is 12.8. The molecule has 0 amide bonds. The summed E-state index contributed by atoms with van der Waals surface area (Å²) in [6.45, 7) is -5.82. The zero-order chi connectivity index (χ0) is 22.5. The molecule has 0 aliphatic carbocycles. The smallest absolute Gasteiger partial charge is 0.217 e. The molecule has 0 aliphatic rings. The SMILES string of the molecule is [2H]CC(=O)C(O)[C@@H](O)[C@@](O)(C(=O)C[2H])[C@@](O)(C(=O)C[2H])[C@@](O)(C=O)C(=O)C[2H]. The lowest BCUT2D eigenvalue weighted by molar-refractivity contribution is -0.248. The van der Waals surface area contributed by atoms with Crippen LogP contribution >= 0.6 is 0 Å². The fraction of sp³-hybridized carbons (Fsp3) is 0.643. The van der Waals surface area contributed by atoms with Crippen LogP contribution in [-0.4, -0.2) is 84.0 Å². The summed E-state index contributed by atoms with van der Waals surface area (Å²) in [5.74, 6) is -7.56. The van der Waals surface area contributed by atoms with Crippen molar-refractivity contribution in [2.24, 2.45) is 0 Å². The van der Waals surface area contributed by atoms with Gasteiger partial charge in [0.15, 0.2) is 35.0 Å². The monoisotopic (exact) mass is 352 g/mol. The Morgan fingerprint density at radius 3 is 1.79 bits per heavy atom. The largest absolute Gasteiger partial charge is 0.386 e. The Morgan fingerprint density at radius 1 is 0.917 bits per heavy atom. The van der Waals surface area contributed by atoms with Crippen LogP contribution in [0.3, 0.4) is 0 Å². The highest BCUT2D eigenvalue weighted by atomic mass is 16.4. The molecule has 10 heteroatoms. The van der Waals surface area contributed by atoms with E-state index in [0.29, 0.717) is 0 Å². The van der Waals surface area contributed by atoms with Gasteiger partial charge in [-0.05, 0) is 27.6 Å². The van der Waals surface area contributed by atoms with Gasteiger partial charge in [-0.25, -0.2) is 0 Å². The van der Waals surface area contributed by atoms with Gasteiger partial charge in [0.05, 0.1) is 0 Å². The van der Waals surface area contributed by atoms with E-state index in [1.54, 1.807) is 0 Å². The zero-order valence-electron chi connectivity index (χ0n) is 16.3. The molecule has 0 saturated carbocycles. The Balaban J connectivity index is 7.17. The van der Waals surface area contributed by atoms with Crippen LogP contribution in [0.25, 0.3) is 0 Å². The number of hydrogen-bond acceptors (Lipinski definition) is 10. The Hall–Kier alpha value is -1.85. The van der Waals surface area contributed by atoms with Crippen molar-refractivity contribution >= 4 is 29.4 Å². The van der Waals surface area contributed by atoms with Crippen LogP contribution in [0.4, 0.5) is 0 Å². The van der Waals surface area contributed by atoms with Crippen LogP contribution in [0.5, 0.6) is 0 Å². The second-order valence-electron chi connectivity index (χ2n) is 4.99. The van der Waals surface area contributed by atoms with E-state index in [4.69, 9.17) is 5.48 Å². The van der Waals surface area contributed by atoms with E-state index in [1.807, 2.05) is 0 Å². The Kier molecular flexibility index (Phi) is 4.54. The number of carbonyl (C=O) groups is 5. The quantitative estimate of drug-likeness (QED) is 0.205. The summed E-state index contributed by atoms with van der Waals surface area (Å²) < 4.78 is 27.9. The molecular weight excluding hydrogens is 328 g/mol. The molecule has 0 heterocycles. The van der Waals surface area contributed by atoms with E-state index >= 15 is 0 Å². The second kappa shape index (κ2) is 6.95. The molecule has 136 valence electrons. The maximum atomic E-state index is 12.2. The molecule has 10 nitrogen and oxygen atoms in total. The standard InChI is InChI=1S/C14H20O10/c1-6(16)10(20)11(21)13(23,8(3)18)14(24,9(4)19)12(22,5-15)7(2)17/h5,10-11,20-24H,1-4H3/t10?,11-,12-,13+,14-/m1/s1/i1D,2D,3D,4D. The van der Waals surface area contributed by atoms with Gasteiger partial charge in [-0.1, -0.05) is 0 Å². The van der Waals surface area contributed by atoms with Crippen molar-refractivity contribution in [3.63, 3.8) is 0 Å². The van der Waals surface area contributed by atoms with Gasteiger partial charge in [-0.15, -0.1) is 0 Å². The van der Waals surface area contributed by atoms with Gasteiger partial charge in [0.2, 0.25) is 11.2 Å². The summed E-state index contributed by atoms with van der Waals surface area (Å²) in [4.78, 5) is 59.2. The lowest BCUT2D eigenvalue weighted by Gasteiger charge is -2.48. The van der Waals surface area contributed by atoms with Crippen molar-refractivity contribution in [3.8, 4) is 0 Å². The molecule has 24 heavy (non-hydrogen) atoms. The number of rotatable bonds is 9. The van der Waals surface area contributed by atoms with E-state index < -0.39 is 86.0 Å². The molecular formula is C14H20O10. The van der Waals surface area contributed by atoms with Gasteiger partial charge in [0.25, 0.3) is 0 Å². The highest BCUT2D eigenvalue weighted by Crippen LogP contribution is 2.38. The lowest BCUT2D eigenvalue weighted by Crippen LogP contribution is -2.80. The van der Waals surface area contributed by atoms with Crippen molar-refractivity contribution in [2.75, 3.05) is 0 Å². The predicted octanol–water partition coefficient (Wildman–Crippen LogP) is -3.54. The third-order valence-electron chi connectivity index (χ3n) is 3.58. The Morgan fingerprint density at radius 2 is 1.42 bits per heavy atom. The van der Waals surface area contributed by atoms with Gasteiger partial charge < -0.3 is 25.5 Å². The van der Waals surface area contributed by atoms with Crippen LogP contribution in [0.2, 0.25) is 0 Å². The van der Waals surface area contributed by atoms with Crippen molar-refractivity contribution in [1.29, 1.82) is 0 Å². The fourth-order valence-corrected chi connectivity index (χ4v) is 2.05. The van der Waals surface area contributed by atoms with E-state index in [-0.39, 0.29) is 0 Å². The first-order valence-electron chi connectivity index (χ1n) is 8.93. The molecule has 0 saturated heterocycles. The third-order valence-corrected chi connectivity index (χ3v) is 3.58. The minimum Gasteiger partial charge on any atom is -0.386 e. The highest BCUT2D eigenvalue weighted by Gasteiger charge is 2.73. The van der Waals surface area contributed by atoms with E-state index in [0.717, 1.165) is 0 Å². The maximum absolute atomic E-state index is 12.2. The summed E-state index contributed by atoms with van der Waals surface area (Å²) in [5.41, 5.74) is -12.6.